The summed E-state index contributed by atoms with van der Waals surface area (Å²) in [5.41, 5.74) is 0.0395. The van der Waals surface area contributed by atoms with Crippen LogP contribution in [0, 0.1) is 0 Å². The van der Waals surface area contributed by atoms with Crippen LogP contribution in [0.2, 0.25) is 38.3 Å². The number of benzene rings is 1. The Balaban J connectivity index is 2.39. The van der Waals surface area contributed by atoms with E-state index in [9.17, 15) is 14.4 Å². The number of ether oxygens (including phenoxy) is 2. The Bertz CT molecular complexity index is 791. The van der Waals surface area contributed by atoms with Crippen molar-refractivity contribution < 1.29 is 33.1 Å². The van der Waals surface area contributed by atoms with E-state index in [-0.39, 0.29) is 29.9 Å². The Morgan fingerprint density at radius 1 is 0.906 bits per heavy atom. The van der Waals surface area contributed by atoms with E-state index >= 15 is 0 Å². The summed E-state index contributed by atoms with van der Waals surface area (Å²) in [7, 11) is -3.33. The van der Waals surface area contributed by atoms with Crippen molar-refractivity contribution in [1.29, 1.82) is 0 Å². The molecule has 0 amide bonds. The summed E-state index contributed by atoms with van der Waals surface area (Å²) in [4.78, 5) is 35.2. The van der Waals surface area contributed by atoms with Gasteiger partial charge in [-0.1, -0.05) is 19.8 Å². The minimum absolute atomic E-state index is 0.0356. The molecule has 0 saturated heterocycles. The number of carboxylic acids is 1. The monoisotopic (exact) mass is 482 g/mol. The fourth-order valence-corrected chi connectivity index (χ4v) is 12.6. The van der Waals surface area contributed by atoms with Gasteiger partial charge in [-0.15, -0.1) is 0 Å². The largest absolute Gasteiger partial charge is 0.478 e. The maximum Gasteiger partial charge on any atom is 0.338 e. The molecule has 0 unspecified atom stereocenters. The summed E-state index contributed by atoms with van der Waals surface area (Å²) < 4.78 is 17.4. The van der Waals surface area contributed by atoms with E-state index in [2.05, 4.69) is 33.1 Å². The molecule has 0 aliphatic rings. The lowest BCUT2D eigenvalue weighted by Gasteiger charge is -2.34. The van der Waals surface area contributed by atoms with Gasteiger partial charge in [0, 0.05) is 12.2 Å². The Kier molecular flexibility index (Phi) is 11.5. The molecule has 0 heterocycles. The molecule has 0 radical (unpaired) electrons. The Labute approximate surface area is 193 Å². The van der Waals surface area contributed by atoms with Crippen molar-refractivity contribution in [3.8, 4) is 0 Å². The molecule has 0 atom stereocenters. The predicted octanol–water partition coefficient (Wildman–Crippen LogP) is 5.38. The average molecular weight is 483 g/mol. The zero-order valence-electron chi connectivity index (χ0n) is 20.3. The van der Waals surface area contributed by atoms with Crippen molar-refractivity contribution in [2.45, 2.75) is 71.4 Å². The first-order valence-corrected chi connectivity index (χ1v) is 17.4. The molecule has 1 rings (SSSR count). The zero-order chi connectivity index (χ0) is 24.4. The number of aromatic carboxylic acids is 1. The highest BCUT2D eigenvalue weighted by molar-refractivity contribution is 6.84. The molecular formula is C23H38O7Si2. The fourth-order valence-electron chi connectivity index (χ4n) is 3.57. The van der Waals surface area contributed by atoms with Crippen LogP contribution < -0.4 is 0 Å². The Morgan fingerprint density at radius 2 is 1.53 bits per heavy atom. The van der Waals surface area contributed by atoms with E-state index in [1.165, 1.54) is 44.0 Å². The van der Waals surface area contributed by atoms with Crippen LogP contribution in [-0.2, 0) is 13.6 Å². The molecule has 9 heteroatoms. The second kappa shape index (κ2) is 13.0. The number of carbonyl (C=O) groups excluding carboxylic acids is 2. The lowest BCUT2D eigenvalue weighted by atomic mass is 10.0. The minimum Gasteiger partial charge on any atom is -0.478 e. The molecule has 0 saturated carbocycles. The van der Waals surface area contributed by atoms with Gasteiger partial charge < -0.3 is 18.7 Å². The zero-order valence-corrected chi connectivity index (χ0v) is 22.3. The standard InChI is InChI=1S/C23H38O7Si2/c1-7-8-15-31(3,4)30-32(5,6)16-9-12-28-13-14-29-23(27)20-11-10-19(22(25)26)17-21(20)18(2)24/h10-11,17H,7-9,12-16H2,1-6H3,(H,25,26). The van der Waals surface area contributed by atoms with Gasteiger partial charge >= 0.3 is 11.9 Å². The van der Waals surface area contributed by atoms with E-state index < -0.39 is 34.4 Å². The first kappa shape index (κ1) is 28.2. The average Bonchev–Trinajstić information content (AvgIpc) is 2.69. The smallest absolute Gasteiger partial charge is 0.338 e. The Morgan fingerprint density at radius 3 is 2.09 bits per heavy atom. The van der Waals surface area contributed by atoms with Gasteiger partial charge in [0.1, 0.15) is 6.61 Å². The number of hydrogen-bond donors (Lipinski definition) is 1. The first-order chi connectivity index (χ1) is 14.9. The summed E-state index contributed by atoms with van der Waals surface area (Å²) in [6.07, 6.45) is 3.32. The Hall–Kier alpha value is -1.82. The number of unbranched alkanes of at least 4 members (excludes halogenated alkanes) is 1. The van der Waals surface area contributed by atoms with E-state index in [1.54, 1.807) is 0 Å². The van der Waals surface area contributed by atoms with Crippen molar-refractivity contribution in [1.82, 2.24) is 0 Å². The van der Waals surface area contributed by atoms with Crippen LogP contribution >= 0.6 is 0 Å². The number of rotatable bonds is 15. The van der Waals surface area contributed by atoms with E-state index in [1.807, 2.05) is 0 Å². The lowest BCUT2D eigenvalue weighted by Crippen LogP contribution is -2.44. The number of carbonyl (C=O) groups is 3. The summed E-state index contributed by atoms with van der Waals surface area (Å²) in [6.45, 7) is 13.5. The molecule has 0 aromatic heterocycles. The molecule has 0 bridgehead atoms. The number of esters is 1. The van der Waals surface area contributed by atoms with Gasteiger partial charge in [0.2, 0.25) is 0 Å². The number of hydrogen-bond acceptors (Lipinski definition) is 6. The third kappa shape index (κ3) is 10.2. The van der Waals surface area contributed by atoms with Gasteiger partial charge in [-0.2, -0.15) is 0 Å². The molecule has 0 aliphatic heterocycles. The quantitative estimate of drug-likeness (QED) is 0.155. The molecule has 1 aromatic rings. The minimum atomic E-state index is -1.73. The molecule has 1 aromatic carbocycles. The van der Waals surface area contributed by atoms with Crippen LogP contribution in [0.5, 0.6) is 0 Å². The van der Waals surface area contributed by atoms with Crippen LogP contribution in [0.25, 0.3) is 0 Å². The van der Waals surface area contributed by atoms with Crippen molar-refractivity contribution in [3.05, 3.63) is 34.9 Å². The highest BCUT2D eigenvalue weighted by Crippen LogP contribution is 2.24. The van der Waals surface area contributed by atoms with Crippen molar-refractivity contribution in [2.24, 2.45) is 0 Å². The van der Waals surface area contributed by atoms with Crippen molar-refractivity contribution in [2.75, 3.05) is 19.8 Å². The molecule has 1 N–H and O–H groups in total. The second-order valence-corrected chi connectivity index (χ2v) is 18.1. The molecule has 0 spiro atoms. The fraction of sp³-hybridized carbons (Fsp3) is 0.609. The van der Waals surface area contributed by atoms with Gasteiger partial charge in [-0.25, -0.2) is 9.59 Å². The van der Waals surface area contributed by atoms with E-state index in [0.717, 1.165) is 12.5 Å². The van der Waals surface area contributed by atoms with Crippen LogP contribution in [0.1, 0.15) is 64.2 Å². The summed E-state index contributed by atoms with van der Waals surface area (Å²) in [6, 6.07) is 6.00. The lowest BCUT2D eigenvalue weighted by molar-refractivity contribution is 0.0316. The predicted molar refractivity (Wildman–Crippen MR) is 130 cm³/mol. The van der Waals surface area contributed by atoms with Gasteiger partial charge in [-0.3, -0.25) is 4.79 Å². The third-order valence-electron chi connectivity index (χ3n) is 5.08. The van der Waals surface area contributed by atoms with Gasteiger partial charge in [-0.05, 0) is 69.8 Å². The molecule has 32 heavy (non-hydrogen) atoms. The normalized spacial score (nSPS) is 11.9. The molecule has 7 nitrogen and oxygen atoms in total. The first-order valence-electron chi connectivity index (χ1n) is 11.2. The van der Waals surface area contributed by atoms with Crippen molar-refractivity contribution in [3.63, 3.8) is 0 Å². The summed E-state index contributed by atoms with van der Waals surface area (Å²) >= 11 is 0. The van der Waals surface area contributed by atoms with Gasteiger partial charge in [0.05, 0.1) is 17.7 Å². The second-order valence-electron chi connectivity index (χ2n) is 9.20. The van der Waals surface area contributed by atoms with Crippen molar-refractivity contribution >= 4 is 34.4 Å². The molecule has 180 valence electrons. The maximum atomic E-state index is 12.3. The van der Waals surface area contributed by atoms with E-state index in [0.29, 0.717) is 6.61 Å². The topological polar surface area (TPSA) is 99.1 Å². The highest BCUT2D eigenvalue weighted by Gasteiger charge is 2.32. The van der Waals surface area contributed by atoms with Crippen LogP contribution in [0.3, 0.4) is 0 Å². The number of carboxylic acid groups (broad SMARTS) is 1. The maximum absolute atomic E-state index is 12.3. The molecule has 0 fully saturated rings. The summed E-state index contributed by atoms with van der Waals surface area (Å²) in [5.74, 6) is -2.23. The molecular weight excluding hydrogens is 444 g/mol. The van der Waals surface area contributed by atoms with Crippen LogP contribution in [-0.4, -0.2) is 59.3 Å². The highest BCUT2D eigenvalue weighted by atomic mass is 28.4. The molecule has 0 aliphatic carbocycles. The third-order valence-corrected chi connectivity index (χ3v) is 12.6. The number of ketones is 1. The van der Waals surface area contributed by atoms with Gasteiger partial charge in [0.15, 0.2) is 22.4 Å². The SMILES string of the molecule is CCCC[Si](C)(C)O[Si](C)(C)CCCOCCOC(=O)c1ccc(C(=O)O)cc1C(C)=O. The van der Waals surface area contributed by atoms with Gasteiger partial charge in [0.25, 0.3) is 0 Å². The van der Waals surface area contributed by atoms with Crippen LogP contribution in [0.4, 0.5) is 0 Å². The summed E-state index contributed by atoms with van der Waals surface area (Å²) in [5, 5.41) is 9.06. The van der Waals surface area contributed by atoms with E-state index in [4.69, 9.17) is 18.7 Å². The van der Waals surface area contributed by atoms with Crippen LogP contribution in [0.15, 0.2) is 18.2 Å². The number of Topliss-reactive ketones (excluding diaryl/α,β-unsaturated/α-hetero) is 1.